The van der Waals surface area contributed by atoms with Gasteiger partial charge < -0.3 is 9.47 Å². The molecule has 6 heteroatoms. The standard InChI is InChI=1S/C27H36N4O2/c1-19-16-24(32-14-12-30-8-4-5-9-30)22-18-23-25(33-15-13-31-10-6-7-11-31)17-20(2)29-27(23)21(3)26(22)28-19/h16-18H,4-15H2,1-3H3. The van der Waals surface area contributed by atoms with Crippen LogP contribution in [0.2, 0.25) is 0 Å². The van der Waals surface area contributed by atoms with E-state index in [0.717, 1.165) is 63.3 Å². The summed E-state index contributed by atoms with van der Waals surface area (Å²) in [6.07, 6.45) is 5.20. The summed E-state index contributed by atoms with van der Waals surface area (Å²) >= 11 is 0. The van der Waals surface area contributed by atoms with E-state index >= 15 is 0 Å². The lowest BCUT2D eigenvalue weighted by molar-refractivity contribution is 0.239. The Bertz CT molecular complexity index is 1050. The normalized spacial score (nSPS) is 17.4. The van der Waals surface area contributed by atoms with Gasteiger partial charge in [-0.1, -0.05) is 0 Å². The largest absolute Gasteiger partial charge is 0.491 e. The molecule has 0 atom stereocenters. The van der Waals surface area contributed by atoms with Gasteiger partial charge >= 0.3 is 0 Å². The minimum Gasteiger partial charge on any atom is -0.491 e. The van der Waals surface area contributed by atoms with E-state index in [1.807, 2.05) is 13.8 Å². The van der Waals surface area contributed by atoms with Crippen LogP contribution in [0.15, 0.2) is 18.2 Å². The lowest BCUT2D eigenvalue weighted by Gasteiger charge is -2.18. The molecule has 0 spiro atoms. The van der Waals surface area contributed by atoms with Gasteiger partial charge in [-0.3, -0.25) is 19.8 Å². The molecule has 5 rings (SSSR count). The molecule has 2 fully saturated rings. The van der Waals surface area contributed by atoms with Crippen molar-refractivity contribution < 1.29 is 9.47 Å². The number of benzene rings is 1. The molecule has 0 amide bonds. The summed E-state index contributed by atoms with van der Waals surface area (Å²) in [6.45, 7) is 14.3. The second kappa shape index (κ2) is 9.82. The fraction of sp³-hybridized carbons (Fsp3) is 0.556. The van der Waals surface area contributed by atoms with Gasteiger partial charge in [0.15, 0.2) is 0 Å². The van der Waals surface area contributed by atoms with Gasteiger partial charge in [0, 0.05) is 52.9 Å². The molecule has 0 unspecified atom stereocenters. The first-order valence-corrected chi connectivity index (χ1v) is 12.5. The van der Waals surface area contributed by atoms with Crippen molar-refractivity contribution in [2.24, 2.45) is 0 Å². The maximum Gasteiger partial charge on any atom is 0.130 e. The molecule has 0 bridgehead atoms. The average molecular weight is 449 g/mol. The SMILES string of the molecule is Cc1cc(OCCN2CCCC2)c2cc3c(OCCN4CCCC4)cc(C)nc3c(C)c2n1. The summed E-state index contributed by atoms with van der Waals surface area (Å²) in [5, 5.41) is 2.09. The zero-order valence-corrected chi connectivity index (χ0v) is 20.3. The lowest BCUT2D eigenvalue weighted by Crippen LogP contribution is -2.25. The smallest absolute Gasteiger partial charge is 0.130 e. The number of hydrogen-bond donors (Lipinski definition) is 0. The predicted molar refractivity (Wildman–Crippen MR) is 134 cm³/mol. The summed E-state index contributed by atoms with van der Waals surface area (Å²) in [7, 11) is 0. The maximum absolute atomic E-state index is 6.33. The molecule has 6 nitrogen and oxygen atoms in total. The molecular weight excluding hydrogens is 412 g/mol. The average Bonchev–Trinajstić information content (AvgIpc) is 3.50. The van der Waals surface area contributed by atoms with E-state index in [1.165, 1.54) is 51.9 Å². The van der Waals surface area contributed by atoms with Gasteiger partial charge in [-0.25, -0.2) is 0 Å². The summed E-state index contributed by atoms with van der Waals surface area (Å²) < 4.78 is 12.7. The number of aryl methyl sites for hydroxylation is 3. The Kier molecular flexibility index (Phi) is 6.65. The zero-order valence-electron chi connectivity index (χ0n) is 20.3. The zero-order chi connectivity index (χ0) is 22.8. The fourth-order valence-electron chi connectivity index (χ4n) is 5.23. The van der Waals surface area contributed by atoms with Crippen LogP contribution in [0, 0.1) is 20.8 Å². The van der Waals surface area contributed by atoms with Crippen molar-refractivity contribution >= 4 is 21.8 Å². The van der Waals surface area contributed by atoms with Crippen LogP contribution in [-0.4, -0.2) is 72.3 Å². The van der Waals surface area contributed by atoms with E-state index in [9.17, 15) is 0 Å². The van der Waals surface area contributed by atoms with Crippen LogP contribution in [-0.2, 0) is 0 Å². The highest BCUT2D eigenvalue weighted by Gasteiger charge is 2.17. The van der Waals surface area contributed by atoms with Crippen molar-refractivity contribution in [1.82, 2.24) is 19.8 Å². The minimum absolute atomic E-state index is 0.695. The molecule has 0 N–H and O–H groups in total. The van der Waals surface area contributed by atoms with Crippen molar-refractivity contribution in [3.63, 3.8) is 0 Å². The first-order chi connectivity index (χ1) is 16.1. The Morgan fingerprint density at radius 2 is 1.09 bits per heavy atom. The quantitative estimate of drug-likeness (QED) is 0.467. The van der Waals surface area contributed by atoms with Gasteiger partial charge in [-0.15, -0.1) is 0 Å². The van der Waals surface area contributed by atoms with Crippen LogP contribution in [0.1, 0.15) is 42.6 Å². The Labute approximate surface area is 196 Å². The van der Waals surface area contributed by atoms with E-state index in [0.29, 0.717) is 13.2 Å². The third-order valence-electron chi connectivity index (χ3n) is 7.02. The highest BCUT2D eigenvalue weighted by atomic mass is 16.5. The predicted octanol–water partition coefficient (Wildman–Crippen LogP) is 4.66. The molecule has 1 aromatic carbocycles. The van der Waals surface area contributed by atoms with Crippen LogP contribution in [0.3, 0.4) is 0 Å². The summed E-state index contributed by atoms with van der Waals surface area (Å²) in [5.41, 5.74) is 4.97. The Balaban J connectivity index is 1.46. The summed E-state index contributed by atoms with van der Waals surface area (Å²) in [6, 6.07) is 6.30. The molecule has 176 valence electrons. The van der Waals surface area contributed by atoms with Gasteiger partial charge in [0.2, 0.25) is 0 Å². The summed E-state index contributed by atoms with van der Waals surface area (Å²) in [4.78, 5) is 14.7. The number of ether oxygens (including phenoxy) is 2. The van der Waals surface area contributed by atoms with E-state index in [1.54, 1.807) is 0 Å². The van der Waals surface area contributed by atoms with Gasteiger partial charge in [-0.05, 0) is 78.7 Å². The third kappa shape index (κ3) is 4.92. The molecular formula is C27H36N4O2. The van der Waals surface area contributed by atoms with Gasteiger partial charge in [0.05, 0.1) is 11.0 Å². The molecule has 2 aliphatic rings. The van der Waals surface area contributed by atoms with Crippen LogP contribution in [0.25, 0.3) is 21.8 Å². The van der Waals surface area contributed by atoms with E-state index in [-0.39, 0.29) is 0 Å². The van der Waals surface area contributed by atoms with E-state index < -0.39 is 0 Å². The Morgan fingerprint density at radius 3 is 1.52 bits per heavy atom. The third-order valence-corrected chi connectivity index (χ3v) is 7.02. The van der Waals surface area contributed by atoms with Crippen molar-refractivity contribution in [3.8, 4) is 11.5 Å². The highest BCUT2D eigenvalue weighted by Crippen LogP contribution is 2.36. The fourth-order valence-corrected chi connectivity index (χ4v) is 5.23. The number of aromatic nitrogens is 2. The maximum atomic E-state index is 6.33. The first-order valence-electron chi connectivity index (χ1n) is 12.5. The van der Waals surface area contributed by atoms with Crippen LogP contribution < -0.4 is 9.47 Å². The van der Waals surface area contributed by atoms with Crippen molar-refractivity contribution in [1.29, 1.82) is 0 Å². The molecule has 2 aromatic heterocycles. The van der Waals surface area contributed by atoms with Crippen LogP contribution >= 0.6 is 0 Å². The molecule has 4 heterocycles. The van der Waals surface area contributed by atoms with E-state index in [2.05, 4.69) is 34.9 Å². The van der Waals surface area contributed by atoms with Gasteiger partial charge in [0.25, 0.3) is 0 Å². The second-order valence-electron chi connectivity index (χ2n) is 9.61. The first kappa shape index (κ1) is 22.4. The number of fused-ring (bicyclic) bond motifs is 2. The van der Waals surface area contributed by atoms with Gasteiger partial charge in [0.1, 0.15) is 24.7 Å². The van der Waals surface area contributed by atoms with Crippen LogP contribution in [0.4, 0.5) is 0 Å². The topological polar surface area (TPSA) is 50.7 Å². The molecule has 0 aliphatic carbocycles. The van der Waals surface area contributed by atoms with Crippen molar-refractivity contribution in [3.05, 3.63) is 35.2 Å². The molecule has 0 saturated carbocycles. The van der Waals surface area contributed by atoms with Crippen molar-refractivity contribution in [2.75, 3.05) is 52.5 Å². The number of hydrogen-bond acceptors (Lipinski definition) is 6. The Hall–Kier alpha value is -2.44. The number of pyridine rings is 2. The molecule has 2 aliphatic heterocycles. The Morgan fingerprint density at radius 1 is 0.667 bits per heavy atom. The number of likely N-dealkylation sites (tertiary alicyclic amines) is 2. The molecule has 0 radical (unpaired) electrons. The molecule has 33 heavy (non-hydrogen) atoms. The lowest BCUT2D eigenvalue weighted by atomic mass is 10.0. The van der Waals surface area contributed by atoms with E-state index in [4.69, 9.17) is 19.4 Å². The van der Waals surface area contributed by atoms with Crippen molar-refractivity contribution in [2.45, 2.75) is 46.5 Å². The number of rotatable bonds is 8. The second-order valence-corrected chi connectivity index (χ2v) is 9.61. The minimum atomic E-state index is 0.695. The highest BCUT2D eigenvalue weighted by molar-refractivity contribution is 6.03. The molecule has 3 aromatic rings. The van der Waals surface area contributed by atoms with Crippen LogP contribution in [0.5, 0.6) is 11.5 Å². The monoisotopic (exact) mass is 448 g/mol. The molecule has 2 saturated heterocycles. The number of nitrogens with zero attached hydrogens (tertiary/aromatic N) is 4. The summed E-state index contributed by atoms with van der Waals surface area (Å²) in [5.74, 6) is 1.82. The van der Waals surface area contributed by atoms with Gasteiger partial charge in [-0.2, -0.15) is 0 Å².